The van der Waals surface area contributed by atoms with Gasteiger partial charge in [0, 0.05) is 36.3 Å². The molecule has 1 aliphatic heterocycles. The van der Waals surface area contributed by atoms with Crippen molar-refractivity contribution in [2.24, 2.45) is 5.92 Å². The number of anilines is 1. The Morgan fingerprint density at radius 2 is 1.81 bits per heavy atom. The topological polar surface area (TPSA) is 32.3 Å². The average Bonchev–Trinajstić information content (AvgIpc) is 2.67. The van der Waals surface area contributed by atoms with Crippen LogP contribution < -0.4 is 10.2 Å². The lowest BCUT2D eigenvalue weighted by molar-refractivity contribution is -0.125. The number of benzene rings is 2. The van der Waals surface area contributed by atoms with E-state index in [4.69, 9.17) is 11.6 Å². The second kappa shape index (κ2) is 9.09. The highest BCUT2D eigenvalue weighted by Crippen LogP contribution is 2.23. The lowest BCUT2D eigenvalue weighted by Crippen LogP contribution is -2.40. The number of hydrogen-bond donors (Lipinski definition) is 1. The van der Waals surface area contributed by atoms with Crippen molar-refractivity contribution in [1.29, 1.82) is 0 Å². The molecule has 1 fully saturated rings. The van der Waals surface area contributed by atoms with Gasteiger partial charge in [-0.1, -0.05) is 47.5 Å². The molecule has 1 heterocycles. The highest BCUT2D eigenvalue weighted by atomic mass is 35.5. The molecule has 0 aliphatic carbocycles. The summed E-state index contributed by atoms with van der Waals surface area (Å²) in [6.07, 6.45) is 3.65. The van der Waals surface area contributed by atoms with Crippen LogP contribution in [0.2, 0.25) is 5.02 Å². The van der Waals surface area contributed by atoms with Crippen LogP contribution in [0.25, 0.3) is 0 Å². The molecule has 0 spiro atoms. The summed E-state index contributed by atoms with van der Waals surface area (Å²) in [6, 6.07) is 16.5. The zero-order valence-electron chi connectivity index (χ0n) is 15.4. The van der Waals surface area contributed by atoms with E-state index in [0.29, 0.717) is 6.54 Å². The van der Waals surface area contributed by atoms with Crippen LogP contribution in [-0.4, -0.2) is 25.5 Å². The lowest BCUT2D eigenvalue weighted by atomic mass is 9.95. The van der Waals surface area contributed by atoms with Gasteiger partial charge in [0.2, 0.25) is 5.91 Å². The van der Waals surface area contributed by atoms with Gasteiger partial charge in [-0.3, -0.25) is 4.79 Å². The first-order chi connectivity index (χ1) is 12.6. The van der Waals surface area contributed by atoms with Crippen LogP contribution in [0.4, 0.5) is 5.69 Å². The molecular weight excluding hydrogens is 344 g/mol. The summed E-state index contributed by atoms with van der Waals surface area (Å²) in [6.45, 7) is 4.70. The van der Waals surface area contributed by atoms with Gasteiger partial charge in [-0.2, -0.15) is 0 Å². The minimum Gasteiger partial charge on any atom is -0.371 e. The molecule has 1 saturated heterocycles. The molecule has 4 heteroatoms. The first-order valence-corrected chi connectivity index (χ1v) is 9.84. The van der Waals surface area contributed by atoms with Crippen molar-refractivity contribution in [2.45, 2.75) is 32.6 Å². The van der Waals surface area contributed by atoms with Crippen molar-refractivity contribution in [2.75, 3.05) is 24.5 Å². The van der Waals surface area contributed by atoms with Crippen LogP contribution in [0.1, 0.15) is 30.4 Å². The van der Waals surface area contributed by atoms with Crippen molar-refractivity contribution < 1.29 is 4.79 Å². The molecule has 1 N–H and O–H groups in total. The number of nitrogens with one attached hydrogen (secondary N) is 1. The average molecular weight is 371 g/mol. The standard InChI is InChI=1S/C22H27ClN2O/c1-17-8-10-20(11-9-17)25-15-12-19(13-16-25)22(26)24-14-4-6-18-5-2-3-7-21(18)23/h2-3,5,7-11,19H,4,6,12-16H2,1H3,(H,24,26). The van der Waals surface area contributed by atoms with Crippen LogP contribution in [0.3, 0.4) is 0 Å². The molecule has 2 aromatic rings. The largest absolute Gasteiger partial charge is 0.371 e. The Morgan fingerprint density at radius 1 is 1.12 bits per heavy atom. The fourth-order valence-electron chi connectivity index (χ4n) is 3.49. The van der Waals surface area contributed by atoms with E-state index in [2.05, 4.69) is 41.4 Å². The van der Waals surface area contributed by atoms with Gasteiger partial charge in [0.05, 0.1) is 0 Å². The van der Waals surface area contributed by atoms with Gasteiger partial charge in [-0.15, -0.1) is 0 Å². The van der Waals surface area contributed by atoms with E-state index in [0.717, 1.165) is 49.4 Å². The van der Waals surface area contributed by atoms with Gasteiger partial charge >= 0.3 is 0 Å². The molecule has 138 valence electrons. The van der Waals surface area contributed by atoms with Gasteiger partial charge in [0.1, 0.15) is 0 Å². The minimum atomic E-state index is 0.136. The summed E-state index contributed by atoms with van der Waals surface area (Å²) in [5, 5.41) is 3.91. The fourth-order valence-corrected chi connectivity index (χ4v) is 3.72. The minimum absolute atomic E-state index is 0.136. The Hall–Kier alpha value is -2.00. The molecule has 0 aromatic heterocycles. The molecule has 2 aromatic carbocycles. The van der Waals surface area contributed by atoms with Gasteiger partial charge in [0.15, 0.2) is 0 Å². The van der Waals surface area contributed by atoms with Crippen molar-refractivity contribution >= 4 is 23.2 Å². The Balaban J connectivity index is 1.38. The zero-order valence-corrected chi connectivity index (χ0v) is 16.1. The second-order valence-electron chi connectivity index (χ2n) is 7.08. The predicted octanol–water partition coefficient (Wildman–Crippen LogP) is 4.61. The van der Waals surface area contributed by atoms with Crippen molar-refractivity contribution in [3.8, 4) is 0 Å². The zero-order chi connectivity index (χ0) is 18.4. The molecule has 26 heavy (non-hydrogen) atoms. The van der Waals surface area contributed by atoms with Gasteiger partial charge < -0.3 is 10.2 Å². The smallest absolute Gasteiger partial charge is 0.223 e. The van der Waals surface area contributed by atoms with Crippen molar-refractivity contribution in [3.63, 3.8) is 0 Å². The fraction of sp³-hybridized carbons (Fsp3) is 0.409. The first-order valence-electron chi connectivity index (χ1n) is 9.46. The van der Waals surface area contributed by atoms with E-state index >= 15 is 0 Å². The van der Waals surface area contributed by atoms with Crippen molar-refractivity contribution in [1.82, 2.24) is 5.32 Å². The number of carbonyl (C=O) groups excluding carboxylic acids is 1. The maximum Gasteiger partial charge on any atom is 0.223 e. The van der Waals surface area contributed by atoms with Gasteiger partial charge in [-0.25, -0.2) is 0 Å². The molecule has 3 rings (SSSR count). The molecule has 0 atom stereocenters. The normalized spacial score (nSPS) is 15.1. The number of amides is 1. The number of nitrogens with zero attached hydrogens (tertiary/aromatic N) is 1. The third-order valence-electron chi connectivity index (χ3n) is 5.14. The Bertz CT molecular complexity index is 721. The quantitative estimate of drug-likeness (QED) is 0.753. The monoisotopic (exact) mass is 370 g/mol. The maximum atomic E-state index is 12.4. The summed E-state index contributed by atoms with van der Waals surface area (Å²) in [5.74, 6) is 0.338. The van der Waals surface area contributed by atoms with E-state index in [1.807, 2.05) is 24.3 Å². The predicted molar refractivity (Wildman–Crippen MR) is 109 cm³/mol. The molecular formula is C22H27ClN2O. The first kappa shape index (κ1) is 18.8. The summed E-state index contributed by atoms with van der Waals surface area (Å²) in [7, 11) is 0. The molecule has 3 nitrogen and oxygen atoms in total. The molecule has 1 amide bonds. The van der Waals surface area contributed by atoms with Crippen LogP contribution >= 0.6 is 11.6 Å². The maximum absolute atomic E-state index is 12.4. The second-order valence-corrected chi connectivity index (χ2v) is 7.49. The van der Waals surface area contributed by atoms with Crippen molar-refractivity contribution in [3.05, 3.63) is 64.7 Å². The Morgan fingerprint density at radius 3 is 2.50 bits per heavy atom. The van der Waals surface area contributed by atoms with E-state index in [1.165, 1.54) is 11.3 Å². The molecule has 0 unspecified atom stereocenters. The molecule has 0 saturated carbocycles. The number of carbonyl (C=O) groups is 1. The number of hydrogen-bond acceptors (Lipinski definition) is 2. The van der Waals surface area contributed by atoms with E-state index in [1.54, 1.807) is 0 Å². The molecule has 1 aliphatic rings. The molecule has 0 radical (unpaired) electrons. The van der Waals surface area contributed by atoms with E-state index < -0.39 is 0 Å². The lowest BCUT2D eigenvalue weighted by Gasteiger charge is -2.33. The SMILES string of the molecule is Cc1ccc(N2CCC(C(=O)NCCCc3ccccc3Cl)CC2)cc1. The number of piperidine rings is 1. The number of halogens is 1. The highest BCUT2D eigenvalue weighted by molar-refractivity contribution is 6.31. The summed E-state index contributed by atoms with van der Waals surface area (Å²) in [4.78, 5) is 14.8. The highest BCUT2D eigenvalue weighted by Gasteiger charge is 2.24. The summed E-state index contributed by atoms with van der Waals surface area (Å²) in [5.41, 5.74) is 3.68. The van der Waals surface area contributed by atoms with Crippen LogP contribution in [0, 0.1) is 12.8 Å². The van der Waals surface area contributed by atoms with Crippen LogP contribution in [-0.2, 0) is 11.2 Å². The van der Waals surface area contributed by atoms with Gasteiger partial charge in [0.25, 0.3) is 0 Å². The van der Waals surface area contributed by atoms with E-state index in [-0.39, 0.29) is 11.8 Å². The molecule has 0 bridgehead atoms. The van der Waals surface area contributed by atoms with E-state index in [9.17, 15) is 4.79 Å². The summed E-state index contributed by atoms with van der Waals surface area (Å²) < 4.78 is 0. The summed E-state index contributed by atoms with van der Waals surface area (Å²) >= 11 is 6.17. The van der Waals surface area contributed by atoms with Crippen LogP contribution in [0.5, 0.6) is 0 Å². The third kappa shape index (κ3) is 5.01. The number of aryl methyl sites for hydroxylation is 2. The Kier molecular flexibility index (Phi) is 6.56. The van der Waals surface area contributed by atoms with Gasteiger partial charge in [-0.05, 0) is 56.4 Å². The Labute approximate surface area is 161 Å². The van der Waals surface area contributed by atoms with Crippen LogP contribution in [0.15, 0.2) is 48.5 Å². The number of rotatable bonds is 6. The third-order valence-corrected chi connectivity index (χ3v) is 5.51.